The summed E-state index contributed by atoms with van der Waals surface area (Å²) < 4.78 is 0. The van der Waals surface area contributed by atoms with Gasteiger partial charge in [-0.2, -0.15) is 0 Å². The third-order valence-corrected chi connectivity index (χ3v) is 3.38. The second-order valence-electron chi connectivity index (χ2n) is 5.24. The van der Waals surface area contributed by atoms with Crippen LogP contribution in [0.1, 0.15) is 36.3 Å². The van der Waals surface area contributed by atoms with E-state index in [1.807, 2.05) is 11.3 Å². The van der Waals surface area contributed by atoms with Crippen LogP contribution in [-0.2, 0) is 6.42 Å². The van der Waals surface area contributed by atoms with Crippen molar-refractivity contribution in [2.75, 3.05) is 13.1 Å². The molecule has 0 aliphatic heterocycles. The third-order valence-electron chi connectivity index (χ3n) is 2.24. The number of nitrogens with one attached hydrogen (secondary N) is 1. The Hall–Kier alpha value is -0.410. The Morgan fingerprint density at radius 3 is 2.40 bits per heavy atom. The Morgan fingerprint density at radius 2 is 1.93 bits per heavy atom. The topological polar surface area (TPSA) is 24.9 Å². The molecule has 3 heteroatoms. The van der Waals surface area contributed by atoms with Crippen LogP contribution in [-0.4, -0.2) is 18.1 Å². The summed E-state index contributed by atoms with van der Waals surface area (Å²) in [5.74, 6) is 0. The van der Waals surface area contributed by atoms with Gasteiger partial charge in [0.25, 0.3) is 0 Å². The van der Waals surface area contributed by atoms with Gasteiger partial charge in [-0.25, -0.2) is 4.98 Å². The Balaban J connectivity index is 2.26. The van der Waals surface area contributed by atoms with Crippen LogP contribution in [0.15, 0.2) is 0 Å². The molecule has 0 bridgehead atoms. The van der Waals surface area contributed by atoms with Gasteiger partial charge in [0.05, 0.1) is 10.7 Å². The Kier molecular flexibility index (Phi) is 4.29. The predicted molar refractivity (Wildman–Crippen MR) is 67.6 cm³/mol. The van der Waals surface area contributed by atoms with E-state index in [1.165, 1.54) is 15.6 Å². The summed E-state index contributed by atoms with van der Waals surface area (Å²) in [7, 11) is 0. The standard InChI is InChI=1S/C12H22N2S/c1-9-10(2)15-11(14-9)6-7-13-8-12(3,4)5/h13H,6-8H2,1-5H3. The van der Waals surface area contributed by atoms with E-state index in [4.69, 9.17) is 0 Å². The minimum absolute atomic E-state index is 0.370. The van der Waals surface area contributed by atoms with Crippen molar-refractivity contribution in [2.45, 2.75) is 41.0 Å². The molecule has 1 heterocycles. The van der Waals surface area contributed by atoms with Gasteiger partial charge >= 0.3 is 0 Å². The molecular weight excluding hydrogens is 204 g/mol. The molecule has 0 aliphatic rings. The van der Waals surface area contributed by atoms with Gasteiger partial charge in [0.1, 0.15) is 0 Å². The highest BCUT2D eigenvalue weighted by molar-refractivity contribution is 7.11. The van der Waals surface area contributed by atoms with E-state index < -0.39 is 0 Å². The molecule has 0 amide bonds. The highest BCUT2D eigenvalue weighted by atomic mass is 32.1. The van der Waals surface area contributed by atoms with Gasteiger partial charge in [-0.1, -0.05) is 20.8 Å². The lowest BCUT2D eigenvalue weighted by Crippen LogP contribution is -2.28. The molecule has 1 aromatic rings. The lowest BCUT2D eigenvalue weighted by atomic mass is 9.97. The number of nitrogens with zero attached hydrogens (tertiary/aromatic N) is 1. The van der Waals surface area contributed by atoms with Gasteiger partial charge in [-0.05, 0) is 19.3 Å². The zero-order valence-corrected chi connectivity index (χ0v) is 11.3. The largest absolute Gasteiger partial charge is 0.316 e. The minimum atomic E-state index is 0.370. The molecule has 15 heavy (non-hydrogen) atoms. The lowest BCUT2D eigenvalue weighted by Gasteiger charge is -2.18. The normalized spacial score (nSPS) is 12.1. The first-order valence-corrected chi connectivity index (χ1v) is 6.34. The smallest absolute Gasteiger partial charge is 0.0943 e. The average Bonchev–Trinajstić information content (AvgIpc) is 2.39. The maximum atomic E-state index is 4.52. The molecule has 2 nitrogen and oxygen atoms in total. The molecule has 86 valence electrons. The third kappa shape index (κ3) is 4.76. The van der Waals surface area contributed by atoms with Crippen LogP contribution in [0, 0.1) is 19.3 Å². The summed E-state index contributed by atoms with van der Waals surface area (Å²) in [5.41, 5.74) is 1.56. The molecule has 1 N–H and O–H groups in total. The van der Waals surface area contributed by atoms with Crippen LogP contribution in [0.4, 0.5) is 0 Å². The summed E-state index contributed by atoms with van der Waals surface area (Å²) in [6.07, 6.45) is 1.05. The van der Waals surface area contributed by atoms with Crippen LogP contribution >= 0.6 is 11.3 Å². The van der Waals surface area contributed by atoms with Crippen molar-refractivity contribution < 1.29 is 0 Å². The molecule has 0 aromatic carbocycles. The van der Waals surface area contributed by atoms with Gasteiger partial charge in [-0.15, -0.1) is 11.3 Å². The van der Waals surface area contributed by atoms with E-state index in [0.29, 0.717) is 5.41 Å². The second-order valence-corrected chi connectivity index (χ2v) is 6.52. The number of aromatic nitrogens is 1. The van der Waals surface area contributed by atoms with Crippen molar-refractivity contribution in [2.24, 2.45) is 5.41 Å². The summed E-state index contributed by atoms with van der Waals surface area (Å²) in [6, 6.07) is 0. The van der Waals surface area contributed by atoms with Crippen molar-refractivity contribution in [1.29, 1.82) is 0 Å². The molecular formula is C12H22N2S. The SMILES string of the molecule is Cc1nc(CCNCC(C)(C)C)sc1C. The fraction of sp³-hybridized carbons (Fsp3) is 0.750. The van der Waals surface area contributed by atoms with Gasteiger partial charge in [0, 0.05) is 24.4 Å². The second kappa shape index (κ2) is 5.08. The first kappa shape index (κ1) is 12.7. The van der Waals surface area contributed by atoms with Crippen LogP contribution in [0.5, 0.6) is 0 Å². The van der Waals surface area contributed by atoms with Crippen LogP contribution < -0.4 is 5.32 Å². The number of hydrogen-bond donors (Lipinski definition) is 1. The van der Waals surface area contributed by atoms with E-state index in [0.717, 1.165) is 19.5 Å². The summed E-state index contributed by atoms with van der Waals surface area (Å²) >= 11 is 1.82. The Morgan fingerprint density at radius 1 is 1.27 bits per heavy atom. The molecule has 0 radical (unpaired) electrons. The van der Waals surface area contributed by atoms with Crippen LogP contribution in [0.3, 0.4) is 0 Å². The number of aryl methyl sites for hydroxylation is 2. The first-order chi connectivity index (χ1) is 6.88. The van der Waals surface area contributed by atoms with E-state index in [2.05, 4.69) is 44.9 Å². The highest BCUT2D eigenvalue weighted by Gasteiger charge is 2.09. The number of rotatable bonds is 4. The van der Waals surface area contributed by atoms with Crippen molar-refractivity contribution >= 4 is 11.3 Å². The molecule has 1 aromatic heterocycles. The summed E-state index contributed by atoms with van der Waals surface area (Å²) in [4.78, 5) is 5.87. The predicted octanol–water partition coefficient (Wildman–Crippen LogP) is 2.94. The van der Waals surface area contributed by atoms with E-state index >= 15 is 0 Å². The van der Waals surface area contributed by atoms with Crippen molar-refractivity contribution in [3.63, 3.8) is 0 Å². The fourth-order valence-corrected chi connectivity index (χ4v) is 2.24. The molecule has 1 rings (SSSR count). The summed E-state index contributed by atoms with van der Waals surface area (Å²) in [5, 5.41) is 4.73. The molecule has 0 atom stereocenters. The number of thiazole rings is 1. The highest BCUT2D eigenvalue weighted by Crippen LogP contribution is 2.16. The summed E-state index contributed by atoms with van der Waals surface area (Å²) in [6.45, 7) is 13.1. The molecule has 0 spiro atoms. The maximum absolute atomic E-state index is 4.52. The monoisotopic (exact) mass is 226 g/mol. The zero-order valence-electron chi connectivity index (χ0n) is 10.5. The first-order valence-electron chi connectivity index (χ1n) is 5.52. The molecule has 0 aliphatic carbocycles. The Labute approximate surface area is 97.1 Å². The van der Waals surface area contributed by atoms with Crippen LogP contribution in [0.2, 0.25) is 0 Å². The van der Waals surface area contributed by atoms with Gasteiger partial charge in [-0.3, -0.25) is 0 Å². The maximum Gasteiger partial charge on any atom is 0.0943 e. The fourth-order valence-electron chi connectivity index (χ4n) is 1.30. The van der Waals surface area contributed by atoms with Crippen LogP contribution in [0.25, 0.3) is 0 Å². The zero-order chi connectivity index (χ0) is 11.5. The van der Waals surface area contributed by atoms with E-state index in [1.54, 1.807) is 0 Å². The molecule has 0 saturated heterocycles. The lowest BCUT2D eigenvalue weighted by molar-refractivity contribution is 0.381. The quantitative estimate of drug-likeness (QED) is 0.799. The average molecular weight is 226 g/mol. The number of hydrogen-bond acceptors (Lipinski definition) is 3. The van der Waals surface area contributed by atoms with Crippen molar-refractivity contribution in [1.82, 2.24) is 10.3 Å². The Bertz CT molecular complexity index is 290. The van der Waals surface area contributed by atoms with E-state index in [9.17, 15) is 0 Å². The molecule has 0 saturated carbocycles. The van der Waals surface area contributed by atoms with Gasteiger partial charge < -0.3 is 5.32 Å². The van der Waals surface area contributed by atoms with Gasteiger partial charge in [0.15, 0.2) is 0 Å². The van der Waals surface area contributed by atoms with E-state index in [-0.39, 0.29) is 0 Å². The van der Waals surface area contributed by atoms with Gasteiger partial charge in [0.2, 0.25) is 0 Å². The van der Waals surface area contributed by atoms with Crippen molar-refractivity contribution in [3.8, 4) is 0 Å². The molecule has 0 fully saturated rings. The molecule has 0 unspecified atom stereocenters. The minimum Gasteiger partial charge on any atom is -0.316 e. The van der Waals surface area contributed by atoms with Crippen molar-refractivity contribution in [3.05, 3.63) is 15.6 Å².